The first-order valence-electron chi connectivity index (χ1n) is 7.68. The number of hydrogen-bond acceptors (Lipinski definition) is 8. The number of nitrogens with one attached hydrogen (secondary N) is 2. The molecule has 1 atom stereocenters. The number of rotatable bonds is 5. The van der Waals surface area contributed by atoms with Crippen LogP contribution in [0.4, 0.5) is 14.9 Å². The fourth-order valence-corrected chi connectivity index (χ4v) is 3.38. The maximum atomic E-state index is 13.4. The zero-order valence-corrected chi connectivity index (χ0v) is 14.8. The van der Waals surface area contributed by atoms with Crippen LogP contribution in [0.15, 0.2) is 32.8 Å². The van der Waals surface area contributed by atoms with E-state index in [0.29, 0.717) is 17.3 Å². The second-order valence-corrected chi connectivity index (χ2v) is 6.54. The third-order valence-corrected chi connectivity index (χ3v) is 4.96. The lowest BCUT2D eigenvalue weighted by atomic mass is 10.2. The SMILES string of the molecule is CN1C(=O)NC[C@H]1CSc1nonc1C(=Nc1ccc(F)c(C#N)c1)NO. The van der Waals surface area contributed by atoms with Gasteiger partial charge in [-0.25, -0.2) is 18.8 Å². The Morgan fingerprint density at radius 1 is 1.63 bits per heavy atom. The molecule has 0 bridgehead atoms. The van der Waals surface area contributed by atoms with Gasteiger partial charge in [0.1, 0.15) is 11.9 Å². The average Bonchev–Trinajstić information content (AvgIpc) is 3.26. The summed E-state index contributed by atoms with van der Waals surface area (Å²) in [5.74, 6) is -0.231. The molecule has 0 saturated carbocycles. The molecule has 2 heterocycles. The van der Waals surface area contributed by atoms with Crippen LogP contribution in [-0.4, -0.2) is 57.7 Å². The number of hydrogen-bond donors (Lipinski definition) is 3. The standard InChI is InChI=1S/C15H14FN7O3S/c1-23-10(6-18-15(23)24)7-27-14-12(21-26-22-14)13(20-25)19-9-2-3-11(16)8(4-9)5-17/h2-4,10,25H,6-7H2,1H3,(H,18,24)(H,19,20)/t10-/m0/s1. The van der Waals surface area contributed by atoms with Gasteiger partial charge in [-0.05, 0) is 28.5 Å². The molecule has 1 saturated heterocycles. The van der Waals surface area contributed by atoms with E-state index in [4.69, 9.17) is 9.89 Å². The van der Waals surface area contributed by atoms with Crippen LogP contribution in [0.2, 0.25) is 0 Å². The monoisotopic (exact) mass is 391 g/mol. The minimum atomic E-state index is -0.668. The first kappa shape index (κ1) is 18.6. The zero-order chi connectivity index (χ0) is 19.4. The third-order valence-electron chi connectivity index (χ3n) is 3.87. The maximum absolute atomic E-state index is 13.4. The molecular formula is C15H14FN7O3S. The summed E-state index contributed by atoms with van der Waals surface area (Å²) in [7, 11) is 1.69. The molecule has 0 unspecified atom stereocenters. The van der Waals surface area contributed by atoms with Crippen molar-refractivity contribution in [2.24, 2.45) is 4.99 Å². The minimum Gasteiger partial charge on any atom is -0.336 e. The predicted molar refractivity (Wildman–Crippen MR) is 92.2 cm³/mol. The molecule has 1 aliphatic heterocycles. The quantitative estimate of drug-likeness (QED) is 0.299. The van der Waals surface area contributed by atoms with Gasteiger partial charge < -0.3 is 10.2 Å². The summed E-state index contributed by atoms with van der Waals surface area (Å²) in [4.78, 5) is 17.2. The minimum absolute atomic E-state index is 0.0372. The number of thioether (sulfide) groups is 1. The van der Waals surface area contributed by atoms with Crippen LogP contribution in [0.5, 0.6) is 0 Å². The highest BCUT2D eigenvalue weighted by molar-refractivity contribution is 7.99. The van der Waals surface area contributed by atoms with Gasteiger partial charge in [0.25, 0.3) is 0 Å². The Labute approximate surface area is 157 Å². The van der Waals surface area contributed by atoms with Gasteiger partial charge in [0.15, 0.2) is 16.6 Å². The molecule has 1 aliphatic rings. The normalized spacial score (nSPS) is 17.0. The molecule has 27 heavy (non-hydrogen) atoms. The Kier molecular flexibility index (Phi) is 5.53. The first-order chi connectivity index (χ1) is 13.0. The Balaban J connectivity index is 1.80. The smallest absolute Gasteiger partial charge is 0.317 e. The number of hydroxylamine groups is 1. The summed E-state index contributed by atoms with van der Waals surface area (Å²) in [6, 6.07) is 5.21. The van der Waals surface area contributed by atoms with Crippen molar-refractivity contribution in [1.29, 1.82) is 5.26 Å². The number of aliphatic imine (C=N–C) groups is 1. The van der Waals surface area contributed by atoms with Gasteiger partial charge in [-0.3, -0.25) is 10.7 Å². The second kappa shape index (κ2) is 8.02. The molecule has 1 aromatic carbocycles. The molecule has 2 aromatic rings. The number of nitrogens with zero attached hydrogens (tertiary/aromatic N) is 5. The van der Waals surface area contributed by atoms with Crippen LogP contribution in [0.25, 0.3) is 0 Å². The van der Waals surface area contributed by atoms with Crippen LogP contribution in [0, 0.1) is 17.1 Å². The summed E-state index contributed by atoms with van der Waals surface area (Å²) in [6.07, 6.45) is 0. The van der Waals surface area contributed by atoms with E-state index >= 15 is 0 Å². The molecule has 1 fully saturated rings. The fourth-order valence-electron chi connectivity index (χ4n) is 2.33. The lowest BCUT2D eigenvalue weighted by molar-refractivity contribution is 0.219. The number of benzene rings is 1. The van der Waals surface area contributed by atoms with E-state index in [1.165, 1.54) is 23.9 Å². The lowest BCUT2D eigenvalue weighted by Crippen LogP contribution is -2.31. The molecule has 0 radical (unpaired) electrons. The number of urea groups is 1. The molecule has 1 aromatic heterocycles. The number of carbonyl (C=O) groups excluding carboxylic acids is 1. The molecule has 3 N–H and O–H groups in total. The van der Waals surface area contributed by atoms with Crippen molar-refractivity contribution in [1.82, 2.24) is 26.0 Å². The van der Waals surface area contributed by atoms with Gasteiger partial charge in [0.05, 0.1) is 17.3 Å². The first-order valence-corrected chi connectivity index (χ1v) is 8.67. The van der Waals surface area contributed by atoms with Gasteiger partial charge in [0.2, 0.25) is 0 Å². The second-order valence-electron chi connectivity index (χ2n) is 5.53. The van der Waals surface area contributed by atoms with Crippen molar-refractivity contribution < 1.29 is 19.0 Å². The topological polar surface area (TPSA) is 140 Å². The number of likely N-dealkylation sites (N-methyl/N-ethyl adjacent to an activating group) is 1. The molecule has 10 nitrogen and oxygen atoms in total. The summed E-state index contributed by atoms with van der Waals surface area (Å²) in [5.41, 5.74) is 2.11. The number of carbonyl (C=O) groups is 1. The van der Waals surface area contributed by atoms with E-state index in [0.717, 1.165) is 6.07 Å². The van der Waals surface area contributed by atoms with Gasteiger partial charge in [0, 0.05) is 19.3 Å². The van der Waals surface area contributed by atoms with E-state index in [2.05, 4.69) is 20.6 Å². The Morgan fingerprint density at radius 3 is 3.11 bits per heavy atom. The highest BCUT2D eigenvalue weighted by atomic mass is 32.2. The number of amidine groups is 1. The average molecular weight is 391 g/mol. The van der Waals surface area contributed by atoms with Gasteiger partial charge in [-0.2, -0.15) is 5.26 Å². The van der Waals surface area contributed by atoms with E-state index in [1.54, 1.807) is 18.0 Å². The summed E-state index contributed by atoms with van der Waals surface area (Å²) < 4.78 is 18.2. The van der Waals surface area contributed by atoms with E-state index in [-0.39, 0.29) is 34.9 Å². The summed E-state index contributed by atoms with van der Waals surface area (Å²) in [6.45, 7) is 0.509. The van der Waals surface area contributed by atoms with Crippen LogP contribution in [-0.2, 0) is 0 Å². The van der Waals surface area contributed by atoms with Crippen LogP contribution >= 0.6 is 11.8 Å². The van der Waals surface area contributed by atoms with Crippen molar-refractivity contribution >= 4 is 29.3 Å². The molecule has 12 heteroatoms. The van der Waals surface area contributed by atoms with Crippen molar-refractivity contribution in [2.45, 2.75) is 11.1 Å². The Hall–Kier alpha value is -3.17. The van der Waals surface area contributed by atoms with Crippen molar-refractivity contribution in [3.63, 3.8) is 0 Å². The number of halogens is 1. The predicted octanol–water partition coefficient (Wildman–Crippen LogP) is 1.25. The number of aromatic nitrogens is 2. The Bertz CT molecular complexity index is 926. The van der Waals surface area contributed by atoms with Crippen molar-refractivity contribution in [2.75, 3.05) is 19.3 Å². The molecular weight excluding hydrogens is 377 g/mol. The fraction of sp³-hybridized carbons (Fsp3) is 0.267. The zero-order valence-electron chi connectivity index (χ0n) is 14.0. The summed E-state index contributed by atoms with van der Waals surface area (Å²) in [5, 5.41) is 28.9. The van der Waals surface area contributed by atoms with Gasteiger partial charge >= 0.3 is 6.03 Å². The highest BCUT2D eigenvalue weighted by Gasteiger charge is 2.28. The van der Waals surface area contributed by atoms with Crippen LogP contribution < -0.4 is 10.8 Å². The lowest BCUT2D eigenvalue weighted by Gasteiger charge is -2.16. The highest BCUT2D eigenvalue weighted by Crippen LogP contribution is 2.24. The molecule has 0 aliphatic carbocycles. The van der Waals surface area contributed by atoms with E-state index < -0.39 is 5.82 Å². The molecule has 3 rings (SSSR count). The Morgan fingerprint density at radius 2 is 2.44 bits per heavy atom. The van der Waals surface area contributed by atoms with E-state index in [9.17, 15) is 14.4 Å². The van der Waals surface area contributed by atoms with Crippen LogP contribution in [0.3, 0.4) is 0 Å². The molecule has 140 valence electrons. The number of amides is 2. The van der Waals surface area contributed by atoms with Crippen LogP contribution in [0.1, 0.15) is 11.3 Å². The maximum Gasteiger partial charge on any atom is 0.317 e. The third kappa shape index (κ3) is 3.99. The summed E-state index contributed by atoms with van der Waals surface area (Å²) >= 11 is 1.28. The molecule has 2 amide bonds. The number of nitriles is 1. The molecule has 0 spiro atoms. The van der Waals surface area contributed by atoms with Crippen molar-refractivity contribution in [3.8, 4) is 6.07 Å². The van der Waals surface area contributed by atoms with Gasteiger partial charge in [-0.1, -0.05) is 11.8 Å². The largest absolute Gasteiger partial charge is 0.336 e. The van der Waals surface area contributed by atoms with Gasteiger partial charge in [-0.15, -0.1) is 0 Å². The van der Waals surface area contributed by atoms with E-state index in [1.807, 2.05) is 5.48 Å². The van der Waals surface area contributed by atoms with Crippen molar-refractivity contribution in [3.05, 3.63) is 35.3 Å².